The maximum absolute atomic E-state index is 12.1. The van der Waals surface area contributed by atoms with Crippen molar-refractivity contribution < 1.29 is 14.3 Å². The van der Waals surface area contributed by atoms with Crippen LogP contribution in [0.1, 0.15) is 37.0 Å². The summed E-state index contributed by atoms with van der Waals surface area (Å²) < 4.78 is 11.3. The van der Waals surface area contributed by atoms with Gasteiger partial charge in [-0.3, -0.25) is 4.79 Å². The van der Waals surface area contributed by atoms with Crippen LogP contribution < -0.4 is 4.74 Å². The molecule has 1 aliphatic heterocycles. The molecule has 0 N–H and O–H groups in total. The van der Waals surface area contributed by atoms with E-state index in [-0.39, 0.29) is 17.8 Å². The number of carbonyl (C=O) groups is 1. The topological polar surface area (TPSA) is 35.5 Å². The van der Waals surface area contributed by atoms with Crippen molar-refractivity contribution in [3.05, 3.63) is 29.8 Å². The van der Waals surface area contributed by atoms with Crippen LogP contribution in [0.5, 0.6) is 5.75 Å². The van der Waals surface area contributed by atoms with Gasteiger partial charge in [0, 0.05) is 18.8 Å². The van der Waals surface area contributed by atoms with E-state index in [1.54, 1.807) is 0 Å². The van der Waals surface area contributed by atoms with Crippen molar-refractivity contribution in [2.24, 2.45) is 5.92 Å². The Labute approximate surface area is 108 Å². The Morgan fingerprint density at radius 2 is 1.94 bits per heavy atom. The van der Waals surface area contributed by atoms with Crippen LogP contribution in [0.15, 0.2) is 24.3 Å². The molecule has 2 rings (SSSR count). The molecule has 0 radical (unpaired) electrons. The molecule has 0 aliphatic carbocycles. The maximum atomic E-state index is 12.1. The first-order chi connectivity index (χ1) is 8.68. The SMILES string of the molecule is CC(C)C(=O)c1ccccc1OC1CCOCC1. The van der Waals surface area contributed by atoms with Crippen LogP contribution >= 0.6 is 0 Å². The standard InChI is InChI=1S/C15H20O3/c1-11(2)15(16)13-5-3-4-6-14(13)18-12-7-9-17-10-8-12/h3-6,11-12H,7-10H2,1-2H3. The summed E-state index contributed by atoms with van der Waals surface area (Å²) in [5.74, 6) is 0.838. The van der Waals surface area contributed by atoms with Crippen molar-refractivity contribution in [1.29, 1.82) is 0 Å². The predicted octanol–water partition coefficient (Wildman–Crippen LogP) is 3.08. The van der Waals surface area contributed by atoms with Gasteiger partial charge in [0.15, 0.2) is 5.78 Å². The summed E-state index contributed by atoms with van der Waals surface area (Å²) in [6.45, 7) is 5.30. The fourth-order valence-corrected chi connectivity index (χ4v) is 2.06. The third-order valence-electron chi connectivity index (χ3n) is 3.14. The minimum absolute atomic E-state index is 0.00978. The van der Waals surface area contributed by atoms with Gasteiger partial charge in [-0.1, -0.05) is 26.0 Å². The second-order valence-corrected chi connectivity index (χ2v) is 4.94. The zero-order chi connectivity index (χ0) is 13.0. The molecule has 0 unspecified atom stereocenters. The molecule has 1 saturated heterocycles. The van der Waals surface area contributed by atoms with Crippen LogP contribution in [-0.2, 0) is 4.74 Å². The van der Waals surface area contributed by atoms with E-state index < -0.39 is 0 Å². The Bertz CT molecular complexity index is 406. The molecule has 18 heavy (non-hydrogen) atoms. The first-order valence-corrected chi connectivity index (χ1v) is 6.56. The molecule has 1 heterocycles. The van der Waals surface area contributed by atoms with Crippen molar-refractivity contribution in [2.45, 2.75) is 32.8 Å². The van der Waals surface area contributed by atoms with E-state index in [2.05, 4.69) is 0 Å². The molecule has 98 valence electrons. The first kappa shape index (κ1) is 13.1. The quantitative estimate of drug-likeness (QED) is 0.768. The fraction of sp³-hybridized carbons (Fsp3) is 0.533. The van der Waals surface area contributed by atoms with E-state index in [1.165, 1.54) is 0 Å². The van der Waals surface area contributed by atoms with Crippen LogP contribution in [0.25, 0.3) is 0 Å². The summed E-state index contributed by atoms with van der Waals surface area (Å²) in [6, 6.07) is 7.51. The van der Waals surface area contributed by atoms with E-state index in [1.807, 2.05) is 38.1 Å². The first-order valence-electron chi connectivity index (χ1n) is 6.56. The highest BCUT2D eigenvalue weighted by atomic mass is 16.5. The lowest BCUT2D eigenvalue weighted by Gasteiger charge is -2.24. The Morgan fingerprint density at radius 1 is 1.28 bits per heavy atom. The molecule has 0 saturated carbocycles. The van der Waals surface area contributed by atoms with E-state index in [0.717, 1.165) is 26.1 Å². The van der Waals surface area contributed by atoms with E-state index in [9.17, 15) is 4.79 Å². The normalized spacial score (nSPS) is 16.8. The van der Waals surface area contributed by atoms with Crippen LogP contribution in [0.2, 0.25) is 0 Å². The molecule has 3 heteroatoms. The van der Waals surface area contributed by atoms with Crippen molar-refractivity contribution >= 4 is 5.78 Å². The molecule has 1 fully saturated rings. The summed E-state index contributed by atoms with van der Waals surface area (Å²) in [4.78, 5) is 12.1. The zero-order valence-corrected chi connectivity index (χ0v) is 11.0. The molecule has 1 aromatic carbocycles. The minimum Gasteiger partial charge on any atom is -0.489 e. The van der Waals surface area contributed by atoms with Crippen LogP contribution in [-0.4, -0.2) is 25.1 Å². The average molecular weight is 248 g/mol. The van der Waals surface area contributed by atoms with Gasteiger partial charge in [-0.2, -0.15) is 0 Å². The van der Waals surface area contributed by atoms with Gasteiger partial charge < -0.3 is 9.47 Å². The monoisotopic (exact) mass is 248 g/mol. The third kappa shape index (κ3) is 3.10. The van der Waals surface area contributed by atoms with Crippen LogP contribution in [0.3, 0.4) is 0 Å². The highest BCUT2D eigenvalue weighted by Crippen LogP contribution is 2.24. The molecule has 0 bridgehead atoms. The number of para-hydroxylation sites is 1. The lowest BCUT2D eigenvalue weighted by molar-refractivity contribution is 0.0252. The second-order valence-electron chi connectivity index (χ2n) is 4.94. The summed E-state index contributed by atoms with van der Waals surface area (Å²) in [5.41, 5.74) is 0.694. The minimum atomic E-state index is -0.00978. The van der Waals surface area contributed by atoms with Gasteiger partial charge in [-0.15, -0.1) is 0 Å². The Morgan fingerprint density at radius 3 is 2.61 bits per heavy atom. The molecule has 1 aromatic rings. The molecular formula is C15H20O3. The third-order valence-corrected chi connectivity index (χ3v) is 3.14. The van der Waals surface area contributed by atoms with Crippen molar-refractivity contribution in [3.8, 4) is 5.75 Å². The largest absolute Gasteiger partial charge is 0.489 e. The highest BCUT2D eigenvalue weighted by Gasteiger charge is 2.20. The summed E-state index contributed by atoms with van der Waals surface area (Å²) >= 11 is 0. The molecule has 1 aliphatic rings. The maximum Gasteiger partial charge on any atom is 0.169 e. The number of hydrogen-bond acceptors (Lipinski definition) is 3. The predicted molar refractivity (Wildman–Crippen MR) is 70.1 cm³/mol. The molecular weight excluding hydrogens is 228 g/mol. The number of ether oxygens (including phenoxy) is 2. The summed E-state index contributed by atoms with van der Waals surface area (Å²) in [5, 5.41) is 0. The molecule has 0 atom stereocenters. The Kier molecular flexibility index (Phi) is 4.37. The number of hydrogen-bond donors (Lipinski definition) is 0. The van der Waals surface area contributed by atoms with Gasteiger partial charge in [0.25, 0.3) is 0 Å². The van der Waals surface area contributed by atoms with Gasteiger partial charge in [0.05, 0.1) is 18.8 Å². The molecule has 0 aromatic heterocycles. The lowest BCUT2D eigenvalue weighted by Crippen LogP contribution is -2.26. The smallest absolute Gasteiger partial charge is 0.169 e. The number of ketones is 1. The van der Waals surface area contributed by atoms with Crippen molar-refractivity contribution in [2.75, 3.05) is 13.2 Å². The van der Waals surface area contributed by atoms with Crippen molar-refractivity contribution in [3.63, 3.8) is 0 Å². The number of rotatable bonds is 4. The number of benzene rings is 1. The highest BCUT2D eigenvalue weighted by molar-refractivity contribution is 5.99. The summed E-state index contributed by atoms with van der Waals surface area (Å²) in [7, 11) is 0. The Balaban J connectivity index is 2.14. The molecule has 0 spiro atoms. The van der Waals surface area contributed by atoms with E-state index >= 15 is 0 Å². The Hall–Kier alpha value is -1.35. The number of carbonyl (C=O) groups excluding carboxylic acids is 1. The van der Waals surface area contributed by atoms with E-state index in [0.29, 0.717) is 11.3 Å². The van der Waals surface area contributed by atoms with Gasteiger partial charge in [-0.05, 0) is 12.1 Å². The second kappa shape index (κ2) is 6.01. The molecule has 3 nitrogen and oxygen atoms in total. The number of Topliss-reactive ketones (excluding diaryl/α,β-unsaturated/α-hetero) is 1. The average Bonchev–Trinajstić information content (AvgIpc) is 2.39. The lowest BCUT2D eigenvalue weighted by atomic mass is 10.0. The fourth-order valence-electron chi connectivity index (χ4n) is 2.06. The van der Waals surface area contributed by atoms with Crippen LogP contribution in [0.4, 0.5) is 0 Å². The van der Waals surface area contributed by atoms with Gasteiger partial charge in [-0.25, -0.2) is 0 Å². The van der Waals surface area contributed by atoms with Gasteiger partial charge >= 0.3 is 0 Å². The van der Waals surface area contributed by atoms with Gasteiger partial charge in [0.2, 0.25) is 0 Å². The zero-order valence-electron chi connectivity index (χ0n) is 11.0. The van der Waals surface area contributed by atoms with Crippen molar-refractivity contribution in [1.82, 2.24) is 0 Å². The summed E-state index contributed by atoms with van der Waals surface area (Å²) in [6.07, 6.45) is 1.95. The van der Waals surface area contributed by atoms with Gasteiger partial charge in [0.1, 0.15) is 11.9 Å². The van der Waals surface area contributed by atoms with E-state index in [4.69, 9.17) is 9.47 Å². The van der Waals surface area contributed by atoms with Crippen LogP contribution in [0, 0.1) is 5.92 Å². The molecule has 0 amide bonds.